The van der Waals surface area contributed by atoms with Crippen LogP contribution in [0.4, 0.5) is 13.2 Å². The highest BCUT2D eigenvalue weighted by Gasteiger charge is 2.43. The first-order valence-electron chi connectivity index (χ1n) is 5.37. The Bertz CT molecular complexity index is 331. The summed E-state index contributed by atoms with van der Waals surface area (Å²) in [5.41, 5.74) is 0. The number of ether oxygens (including phenoxy) is 2. The summed E-state index contributed by atoms with van der Waals surface area (Å²) in [6.45, 7) is -0.573. The van der Waals surface area contributed by atoms with E-state index in [4.69, 9.17) is 27.2 Å². The van der Waals surface area contributed by atoms with Gasteiger partial charge in [0.05, 0.1) is 12.9 Å². The van der Waals surface area contributed by atoms with Crippen molar-refractivity contribution in [1.82, 2.24) is 4.90 Å². The van der Waals surface area contributed by atoms with Gasteiger partial charge in [-0.1, -0.05) is 22.5 Å². The minimum atomic E-state index is -5.11. The fourth-order valence-electron chi connectivity index (χ4n) is 1.05. The van der Waals surface area contributed by atoms with Crippen molar-refractivity contribution in [2.24, 2.45) is 0 Å². The van der Waals surface area contributed by atoms with Crippen LogP contribution in [-0.4, -0.2) is 55.6 Å². The summed E-state index contributed by atoms with van der Waals surface area (Å²) in [4.78, 5) is 22.6. The maximum Gasteiger partial charge on any atom is 0.471 e. The summed E-state index contributed by atoms with van der Waals surface area (Å²) in [5.74, 6) is -3.18. The minimum absolute atomic E-state index is 0.114. The van der Waals surface area contributed by atoms with E-state index in [1.54, 1.807) is 6.92 Å². The fourth-order valence-corrected chi connectivity index (χ4v) is 2.32. The van der Waals surface area contributed by atoms with Crippen LogP contribution in [-0.2, 0) is 19.1 Å². The lowest BCUT2D eigenvalue weighted by Crippen LogP contribution is -2.44. The largest absolute Gasteiger partial charge is 0.471 e. The molecule has 0 saturated carbocycles. The molecule has 0 aliphatic carbocycles. The Hall–Kier alpha value is -0.300. The predicted octanol–water partition coefficient (Wildman–Crippen LogP) is 2.70. The van der Waals surface area contributed by atoms with Gasteiger partial charge in [-0.05, 0) is 6.92 Å². The molecule has 1 amide bonds. The number of alkyl halides is 3. The lowest BCUT2D eigenvalue weighted by Gasteiger charge is -2.22. The number of nitrogens with zero attached hydrogens (tertiary/aromatic N) is 1. The van der Waals surface area contributed by atoms with Crippen molar-refractivity contribution in [1.29, 1.82) is 0 Å². The zero-order valence-corrected chi connectivity index (χ0v) is 12.9. The van der Waals surface area contributed by atoms with Gasteiger partial charge in [-0.25, -0.2) is 0 Å². The SMILES string of the molecule is CCOCCOC(=O)CN(CP(Cl)Cl)C(=O)C(F)(F)F. The molecular formula is C9H13Cl2F3NO4P. The average molecular weight is 358 g/mol. The minimum Gasteiger partial charge on any atom is -0.462 e. The van der Waals surface area contributed by atoms with Gasteiger partial charge in [0.25, 0.3) is 0 Å². The molecule has 0 heterocycles. The van der Waals surface area contributed by atoms with Crippen LogP contribution in [0.3, 0.4) is 0 Å². The van der Waals surface area contributed by atoms with Gasteiger partial charge in [0, 0.05) is 6.61 Å². The lowest BCUT2D eigenvalue weighted by atomic mass is 10.5. The van der Waals surface area contributed by atoms with Gasteiger partial charge in [-0.3, -0.25) is 9.59 Å². The molecule has 0 aliphatic heterocycles. The quantitative estimate of drug-likeness (QED) is 0.380. The van der Waals surface area contributed by atoms with E-state index in [0.717, 1.165) is 0 Å². The van der Waals surface area contributed by atoms with Gasteiger partial charge in [0.15, 0.2) is 0 Å². The van der Waals surface area contributed by atoms with Crippen LogP contribution < -0.4 is 0 Å². The third-order valence-corrected chi connectivity index (χ3v) is 3.02. The molecular weight excluding hydrogens is 345 g/mol. The Balaban J connectivity index is 4.43. The number of carbonyl (C=O) groups excluding carboxylic acids is 2. The number of hydrogen-bond donors (Lipinski definition) is 0. The monoisotopic (exact) mass is 357 g/mol. The molecule has 118 valence electrons. The van der Waals surface area contributed by atoms with Crippen LogP contribution in [0.25, 0.3) is 0 Å². The van der Waals surface area contributed by atoms with Gasteiger partial charge in [0.1, 0.15) is 19.8 Å². The van der Waals surface area contributed by atoms with Crippen LogP contribution in [0.1, 0.15) is 6.92 Å². The van der Waals surface area contributed by atoms with Gasteiger partial charge in [0.2, 0.25) is 0 Å². The van der Waals surface area contributed by atoms with Gasteiger partial charge >= 0.3 is 18.1 Å². The highest BCUT2D eigenvalue weighted by Crippen LogP contribution is 2.47. The highest BCUT2D eigenvalue weighted by atomic mass is 35.9. The van der Waals surface area contributed by atoms with E-state index in [-0.39, 0.29) is 18.1 Å². The topological polar surface area (TPSA) is 55.8 Å². The van der Waals surface area contributed by atoms with Gasteiger partial charge < -0.3 is 14.4 Å². The zero-order valence-electron chi connectivity index (χ0n) is 10.5. The molecule has 20 heavy (non-hydrogen) atoms. The van der Waals surface area contributed by atoms with Crippen molar-refractivity contribution in [3.63, 3.8) is 0 Å². The second kappa shape index (κ2) is 9.60. The molecule has 0 aromatic carbocycles. The second-order valence-corrected chi connectivity index (χ2v) is 7.22. The van der Waals surface area contributed by atoms with Crippen LogP contribution in [0.5, 0.6) is 0 Å². The standard InChI is InChI=1S/C9H13Cl2F3NO4P/c1-2-18-3-4-19-7(16)5-15(6-20(10)11)8(17)9(12,13)14/h2-6H2,1H3. The molecule has 0 N–H and O–H groups in total. The molecule has 11 heteroatoms. The third-order valence-electron chi connectivity index (χ3n) is 1.82. The molecule has 0 fully saturated rings. The summed E-state index contributed by atoms with van der Waals surface area (Å²) in [5, 5.41) is 0. The van der Waals surface area contributed by atoms with E-state index in [1.807, 2.05) is 0 Å². The molecule has 5 nitrogen and oxygen atoms in total. The van der Waals surface area contributed by atoms with Crippen molar-refractivity contribution in [2.45, 2.75) is 13.1 Å². The summed E-state index contributed by atoms with van der Waals surface area (Å²) in [7, 11) is 0. The van der Waals surface area contributed by atoms with Crippen molar-refractivity contribution in [3.8, 4) is 0 Å². The Morgan fingerprint density at radius 3 is 2.30 bits per heavy atom. The van der Waals surface area contributed by atoms with E-state index in [0.29, 0.717) is 6.61 Å². The maximum absolute atomic E-state index is 12.3. The predicted molar refractivity (Wildman–Crippen MR) is 68.7 cm³/mol. The Labute approximate surface area is 124 Å². The van der Waals surface area contributed by atoms with Crippen LogP contribution >= 0.6 is 29.1 Å². The van der Waals surface area contributed by atoms with E-state index >= 15 is 0 Å². The Morgan fingerprint density at radius 2 is 1.85 bits per heavy atom. The van der Waals surface area contributed by atoms with Crippen LogP contribution in [0.15, 0.2) is 0 Å². The summed E-state index contributed by atoms with van der Waals surface area (Å²) in [6, 6.07) is 0. The third kappa shape index (κ3) is 8.79. The van der Waals surface area contributed by atoms with E-state index in [9.17, 15) is 22.8 Å². The normalized spacial score (nSPS) is 11.6. The first-order chi connectivity index (χ1) is 9.18. The molecule has 0 rings (SSSR count). The number of hydrogen-bond acceptors (Lipinski definition) is 4. The van der Waals surface area contributed by atoms with Crippen molar-refractivity contribution < 1.29 is 32.2 Å². The number of amides is 1. The Kier molecular flexibility index (Phi) is 9.46. The van der Waals surface area contributed by atoms with Crippen LogP contribution in [0.2, 0.25) is 0 Å². The molecule has 0 aromatic rings. The average Bonchev–Trinajstić information content (AvgIpc) is 2.31. The van der Waals surface area contributed by atoms with E-state index in [2.05, 4.69) is 4.74 Å². The Morgan fingerprint density at radius 1 is 1.25 bits per heavy atom. The number of carbonyl (C=O) groups is 2. The van der Waals surface area contributed by atoms with E-state index in [1.165, 1.54) is 0 Å². The first-order valence-corrected chi connectivity index (χ1v) is 8.70. The molecule has 0 spiro atoms. The smallest absolute Gasteiger partial charge is 0.462 e. The number of esters is 1. The highest BCUT2D eigenvalue weighted by molar-refractivity contribution is 8.03. The first kappa shape index (κ1) is 19.7. The summed E-state index contributed by atoms with van der Waals surface area (Å²) < 4.78 is 46.4. The molecule has 0 aliphatic rings. The molecule has 0 aromatic heterocycles. The second-order valence-electron chi connectivity index (χ2n) is 3.36. The molecule has 0 saturated heterocycles. The molecule has 0 unspecified atom stereocenters. The van der Waals surface area contributed by atoms with E-state index < -0.39 is 37.5 Å². The lowest BCUT2D eigenvalue weighted by molar-refractivity contribution is -0.186. The zero-order chi connectivity index (χ0) is 15.8. The number of halogens is 5. The van der Waals surface area contributed by atoms with Crippen molar-refractivity contribution in [3.05, 3.63) is 0 Å². The molecule has 0 radical (unpaired) electrons. The summed E-state index contributed by atoms with van der Waals surface area (Å²) >= 11 is 10.8. The van der Waals surface area contributed by atoms with Crippen LogP contribution in [0, 0.1) is 0 Å². The number of rotatable bonds is 8. The van der Waals surface area contributed by atoms with Crippen molar-refractivity contribution >= 4 is 41.0 Å². The fraction of sp³-hybridized carbons (Fsp3) is 0.778. The van der Waals surface area contributed by atoms with Gasteiger partial charge in [-0.2, -0.15) is 13.2 Å². The molecule has 0 atom stereocenters. The maximum atomic E-state index is 12.3. The van der Waals surface area contributed by atoms with Crippen molar-refractivity contribution in [2.75, 3.05) is 32.7 Å². The molecule has 0 bridgehead atoms. The van der Waals surface area contributed by atoms with Gasteiger partial charge in [-0.15, -0.1) is 0 Å². The summed E-state index contributed by atoms with van der Waals surface area (Å²) in [6.07, 6.45) is -5.68.